The van der Waals surface area contributed by atoms with Crippen molar-refractivity contribution in [3.05, 3.63) is 62.9 Å². The van der Waals surface area contributed by atoms with Gasteiger partial charge < -0.3 is 9.84 Å². The Bertz CT molecular complexity index is 617. The number of halogens is 2. The van der Waals surface area contributed by atoms with Gasteiger partial charge >= 0.3 is 0 Å². The Labute approximate surface area is 126 Å². The fourth-order valence-corrected chi connectivity index (χ4v) is 2.74. The van der Waals surface area contributed by atoms with Gasteiger partial charge in [0.2, 0.25) is 0 Å². The van der Waals surface area contributed by atoms with Crippen LogP contribution in [0.2, 0.25) is 0 Å². The van der Waals surface area contributed by atoms with Gasteiger partial charge in [-0.2, -0.15) is 0 Å². The Morgan fingerprint density at radius 3 is 2.20 bits per heavy atom. The first-order chi connectivity index (χ1) is 9.43. The van der Waals surface area contributed by atoms with Crippen LogP contribution in [0, 0.1) is 19.7 Å². The maximum absolute atomic E-state index is 13.2. The summed E-state index contributed by atoms with van der Waals surface area (Å²) in [5.74, 6) is 0.476. The highest BCUT2D eigenvalue weighted by Gasteiger charge is 2.15. The number of ether oxygens (including phenoxy) is 1. The largest absolute Gasteiger partial charge is 0.496 e. The molecule has 0 saturated carbocycles. The molecule has 0 radical (unpaired) electrons. The fourth-order valence-electron chi connectivity index (χ4n) is 2.34. The van der Waals surface area contributed by atoms with Crippen LogP contribution in [0.1, 0.15) is 28.4 Å². The van der Waals surface area contributed by atoms with E-state index in [0.29, 0.717) is 10.0 Å². The van der Waals surface area contributed by atoms with Crippen molar-refractivity contribution in [1.82, 2.24) is 0 Å². The molecule has 20 heavy (non-hydrogen) atoms. The van der Waals surface area contributed by atoms with Gasteiger partial charge in [-0.25, -0.2) is 4.39 Å². The summed E-state index contributed by atoms with van der Waals surface area (Å²) in [5, 5.41) is 10.4. The SMILES string of the molecule is COc1c(C)cc(C(O)c2ccc(F)c(Br)c2)cc1C. The Hall–Kier alpha value is -1.39. The molecule has 0 spiro atoms. The van der Waals surface area contributed by atoms with E-state index in [1.807, 2.05) is 26.0 Å². The lowest BCUT2D eigenvalue weighted by Gasteiger charge is -2.16. The molecule has 2 nitrogen and oxygen atoms in total. The second-order valence-corrected chi connectivity index (χ2v) is 5.62. The number of rotatable bonds is 3. The van der Waals surface area contributed by atoms with Gasteiger partial charge in [-0.3, -0.25) is 0 Å². The van der Waals surface area contributed by atoms with E-state index in [4.69, 9.17) is 4.74 Å². The van der Waals surface area contributed by atoms with Gasteiger partial charge in [-0.1, -0.05) is 6.07 Å². The van der Waals surface area contributed by atoms with Crippen molar-refractivity contribution in [2.45, 2.75) is 20.0 Å². The number of aliphatic hydroxyl groups excluding tert-OH is 1. The number of aryl methyl sites for hydroxylation is 2. The van der Waals surface area contributed by atoms with E-state index in [2.05, 4.69) is 15.9 Å². The molecule has 1 atom stereocenters. The van der Waals surface area contributed by atoms with Crippen molar-refractivity contribution in [1.29, 1.82) is 0 Å². The predicted octanol–water partition coefficient (Wildman–Crippen LogP) is 4.30. The second-order valence-electron chi connectivity index (χ2n) is 4.76. The lowest BCUT2D eigenvalue weighted by atomic mass is 9.97. The monoisotopic (exact) mass is 338 g/mol. The first-order valence-corrected chi connectivity index (χ1v) is 7.01. The van der Waals surface area contributed by atoms with Crippen LogP contribution < -0.4 is 4.74 Å². The zero-order valence-corrected chi connectivity index (χ0v) is 13.2. The van der Waals surface area contributed by atoms with Crippen molar-refractivity contribution >= 4 is 15.9 Å². The summed E-state index contributed by atoms with van der Waals surface area (Å²) < 4.78 is 18.9. The summed E-state index contributed by atoms with van der Waals surface area (Å²) in [6.07, 6.45) is -0.796. The van der Waals surface area contributed by atoms with Crippen LogP contribution in [0.25, 0.3) is 0 Å². The first-order valence-electron chi connectivity index (χ1n) is 6.22. The second kappa shape index (κ2) is 5.94. The minimum Gasteiger partial charge on any atom is -0.496 e. The summed E-state index contributed by atoms with van der Waals surface area (Å²) in [5.41, 5.74) is 3.33. The van der Waals surface area contributed by atoms with E-state index < -0.39 is 6.10 Å². The van der Waals surface area contributed by atoms with Crippen molar-refractivity contribution in [2.24, 2.45) is 0 Å². The maximum Gasteiger partial charge on any atom is 0.137 e. The molecule has 0 aliphatic carbocycles. The minimum absolute atomic E-state index is 0.344. The summed E-state index contributed by atoms with van der Waals surface area (Å²) in [6.45, 7) is 3.87. The topological polar surface area (TPSA) is 29.5 Å². The third-order valence-corrected chi connectivity index (χ3v) is 3.87. The van der Waals surface area contributed by atoms with E-state index in [-0.39, 0.29) is 5.82 Å². The summed E-state index contributed by atoms with van der Waals surface area (Å²) in [4.78, 5) is 0. The summed E-state index contributed by atoms with van der Waals surface area (Å²) >= 11 is 3.13. The van der Waals surface area contributed by atoms with Crippen LogP contribution in [-0.2, 0) is 0 Å². The van der Waals surface area contributed by atoms with Gasteiger partial charge in [0.1, 0.15) is 17.7 Å². The number of benzene rings is 2. The summed E-state index contributed by atoms with van der Waals surface area (Å²) in [7, 11) is 1.63. The average Bonchev–Trinajstić information content (AvgIpc) is 2.40. The molecular weight excluding hydrogens is 323 g/mol. The third kappa shape index (κ3) is 2.86. The molecule has 0 fully saturated rings. The maximum atomic E-state index is 13.2. The molecule has 0 amide bonds. The van der Waals surface area contributed by atoms with E-state index in [9.17, 15) is 9.50 Å². The molecule has 2 aromatic carbocycles. The Morgan fingerprint density at radius 1 is 1.10 bits per heavy atom. The van der Waals surface area contributed by atoms with Gasteiger partial charge in [0.05, 0.1) is 11.6 Å². The predicted molar refractivity (Wildman–Crippen MR) is 80.6 cm³/mol. The fraction of sp³-hybridized carbons (Fsp3) is 0.250. The number of aliphatic hydroxyl groups is 1. The van der Waals surface area contributed by atoms with Crippen LogP contribution in [0.15, 0.2) is 34.8 Å². The van der Waals surface area contributed by atoms with Crippen LogP contribution in [-0.4, -0.2) is 12.2 Å². The molecule has 0 aromatic heterocycles. The lowest BCUT2D eigenvalue weighted by molar-refractivity contribution is 0.220. The molecule has 2 rings (SSSR count). The quantitative estimate of drug-likeness (QED) is 0.904. The standard InChI is InChI=1S/C16H16BrFO2/c1-9-6-12(7-10(2)16(9)20-3)15(19)11-4-5-14(18)13(17)8-11/h4-8,15,19H,1-3H3. The molecule has 1 unspecified atom stereocenters. The molecule has 2 aromatic rings. The van der Waals surface area contributed by atoms with Gasteiger partial charge in [0.25, 0.3) is 0 Å². The number of hydrogen-bond donors (Lipinski definition) is 1. The van der Waals surface area contributed by atoms with Gasteiger partial charge in [-0.05, 0) is 76.3 Å². The van der Waals surface area contributed by atoms with Crippen LogP contribution >= 0.6 is 15.9 Å². The molecule has 0 saturated heterocycles. The molecule has 4 heteroatoms. The number of methoxy groups -OCH3 is 1. The molecule has 106 valence electrons. The highest BCUT2D eigenvalue weighted by molar-refractivity contribution is 9.10. The Morgan fingerprint density at radius 2 is 1.70 bits per heavy atom. The highest BCUT2D eigenvalue weighted by Crippen LogP contribution is 2.31. The summed E-state index contributed by atoms with van der Waals surface area (Å²) in [6, 6.07) is 8.28. The van der Waals surface area contributed by atoms with Crippen LogP contribution in [0.3, 0.4) is 0 Å². The van der Waals surface area contributed by atoms with E-state index in [0.717, 1.165) is 22.4 Å². The van der Waals surface area contributed by atoms with E-state index in [1.54, 1.807) is 19.2 Å². The lowest BCUT2D eigenvalue weighted by Crippen LogP contribution is -2.02. The Balaban J connectivity index is 2.42. The number of hydrogen-bond acceptors (Lipinski definition) is 2. The van der Waals surface area contributed by atoms with Gasteiger partial charge in [0.15, 0.2) is 0 Å². The van der Waals surface area contributed by atoms with Gasteiger partial charge in [-0.15, -0.1) is 0 Å². The molecule has 1 N–H and O–H groups in total. The van der Waals surface area contributed by atoms with Crippen LogP contribution in [0.5, 0.6) is 5.75 Å². The van der Waals surface area contributed by atoms with Crippen molar-refractivity contribution in [3.8, 4) is 5.75 Å². The average molecular weight is 339 g/mol. The highest BCUT2D eigenvalue weighted by atomic mass is 79.9. The molecule has 0 aliphatic rings. The van der Waals surface area contributed by atoms with Crippen molar-refractivity contribution < 1.29 is 14.2 Å². The van der Waals surface area contributed by atoms with Crippen molar-refractivity contribution in [3.63, 3.8) is 0 Å². The van der Waals surface area contributed by atoms with Gasteiger partial charge in [0, 0.05) is 0 Å². The molecular formula is C16H16BrFO2. The third-order valence-electron chi connectivity index (χ3n) is 3.26. The molecule has 0 bridgehead atoms. The zero-order valence-electron chi connectivity index (χ0n) is 11.6. The normalized spacial score (nSPS) is 12.3. The molecule has 0 aliphatic heterocycles. The van der Waals surface area contributed by atoms with Crippen molar-refractivity contribution in [2.75, 3.05) is 7.11 Å². The first kappa shape index (κ1) is 15.0. The minimum atomic E-state index is -0.796. The zero-order chi connectivity index (χ0) is 14.9. The molecule has 0 heterocycles. The van der Waals surface area contributed by atoms with Crippen LogP contribution in [0.4, 0.5) is 4.39 Å². The smallest absolute Gasteiger partial charge is 0.137 e. The Kier molecular flexibility index (Phi) is 4.45. The van der Waals surface area contributed by atoms with E-state index >= 15 is 0 Å². The van der Waals surface area contributed by atoms with E-state index in [1.165, 1.54) is 6.07 Å².